The van der Waals surface area contributed by atoms with E-state index in [1.54, 1.807) is 7.11 Å². The molecule has 16 heavy (non-hydrogen) atoms. The van der Waals surface area contributed by atoms with Crippen LogP contribution in [0, 0.1) is 0 Å². The summed E-state index contributed by atoms with van der Waals surface area (Å²) in [5, 5.41) is 0. The molecule has 0 spiro atoms. The fourth-order valence-electron chi connectivity index (χ4n) is 2.13. The molecule has 2 N–H and O–H groups in total. The molecule has 0 unspecified atom stereocenters. The predicted octanol–water partition coefficient (Wildman–Crippen LogP) is 1.91. The van der Waals surface area contributed by atoms with Crippen LogP contribution in [0.1, 0.15) is 24.0 Å². The van der Waals surface area contributed by atoms with Crippen LogP contribution in [-0.2, 0) is 12.8 Å². The average Bonchev–Trinajstić information content (AvgIpc) is 2.35. The Morgan fingerprint density at radius 3 is 3.06 bits per heavy atom. The third-order valence-electron chi connectivity index (χ3n) is 2.94. The van der Waals surface area contributed by atoms with Gasteiger partial charge in [0.25, 0.3) is 0 Å². The largest absolute Gasteiger partial charge is 0.497 e. The van der Waals surface area contributed by atoms with E-state index < -0.39 is 0 Å². The summed E-state index contributed by atoms with van der Waals surface area (Å²) in [5.41, 5.74) is 8.06. The van der Waals surface area contributed by atoms with Gasteiger partial charge in [-0.05, 0) is 55.5 Å². The van der Waals surface area contributed by atoms with Crippen molar-refractivity contribution in [3.8, 4) is 11.5 Å². The van der Waals surface area contributed by atoms with Gasteiger partial charge in [-0.25, -0.2) is 0 Å². The van der Waals surface area contributed by atoms with Crippen molar-refractivity contribution < 1.29 is 9.47 Å². The van der Waals surface area contributed by atoms with Crippen molar-refractivity contribution in [3.63, 3.8) is 0 Å². The number of nitrogens with two attached hydrogens (primary N) is 1. The number of ether oxygens (including phenoxy) is 2. The minimum Gasteiger partial charge on any atom is -0.497 e. The molecule has 0 aliphatic carbocycles. The zero-order chi connectivity index (χ0) is 11.4. The molecule has 1 aliphatic rings. The number of benzene rings is 1. The molecule has 0 amide bonds. The SMILES string of the molecule is COc1cc(CCCN)c2c(c1)CCCO2. The van der Waals surface area contributed by atoms with Gasteiger partial charge in [-0.2, -0.15) is 0 Å². The van der Waals surface area contributed by atoms with Gasteiger partial charge in [0.15, 0.2) is 0 Å². The Bertz CT molecular complexity index is 363. The van der Waals surface area contributed by atoms with E-state index >= 15 is 0 Å². The fraction of sp³-hybridized carbons (Fsp3) is 0.538. The second-order valence-corrected chi connectivity index (χ2v) is 4.12. The van der Waals surface area contributed by atoms with E-state index in [2.05, 4.69) is 12.1 Å². The number of aryl methyl sites for hydroxylation is 2. The number of rotatable bonds is 4. The summed E-state index contributed by atoms with van der Waals surface area (Å²) in [6.07, 6.45) is 4.14. The number of methoxy groups -OCH3 is 1. The van der Waals surface area contributed by atoms with Crippen LogP contribution in [0.15, 0.2) is 12.1 Å². The molecule has 2 rings (SSSR count). The van der Waals surface area contributed by atoms with Crippen molar-refractivity contribution in [3.05, 3.63) is 23.3 Å². The number of hydrogen-bond acceptors (Lipinski definition) is 3. The molecule has 0 aromatic heterocycles. The molecule has 3 nitrogen and oxygen atoms in total. The topological polar surface area (TPSA) is 44.5 Å². The van der Waals surface area contributed by atoms with Gasteiger partial charge in [0.1, 0.15) is 11.5 Å². The Kier molecular flexibility index (Phi) is 3.67. The molecule has 0 radical (unpaired) electrons. The lowest BCUT2D eigenvalue weighted by Crippen LogP contribution is -2.11. The van der Waals surface area contributed by atoms with E-state index in [1.807, 2.05) is 0 Å². The van der Waals surface area contributed by atoms with Crippen molar-refractivity contribution in [1.82, 2.24) is 0 Å². The highest BCUT2D eigenvalue weighted by Gasteiger charge is 2.16. The van der Waals surface area contributed by atoms with Gasteiger partial charge in [-0.3, -0.25) is 0 Å². The third-order valence-corrected chi connectivity index (χ3v) is 2.94. The predicted molar refractivity (Wildman–Crippen MR) is 64.2 cm³/mol. The van der Waals surface area contributed by atoms with Gasteiger partial charge in [-0.15, -0.1) is 0 Å². The van der Waals surface area contributed by atoms with Crippen LogP contribution >= 0.6 is 0 Å². The Hall–Kier alpha value is -1.22. The normalized spacial score (nSPS) is 14.1. The van der Waals surface area contributed by atoms with E-state index in [9.17, 15) is 0 Å². The van der Waals surface area contributed by atoms with Gasteiger partial charge in [-0.1, -0.05) is 0 Å². The molecule has 0 saturated carbocycles. The summed E-state index contributed by atoms with van der Waals surface area (Å²) < 4.78 is 11.1. The van der Waals surface area contributed by atoms with E-state index in [1.165, 1.54) is 11.1 Å². The highest BCUT2D eigenvalue weighted by atomic mass is 16.5. The van der Waals surface area contributed by atoms with Crippen LogP contribution in [-0.4, -0.2) is 20.3 Å². The lowest BCUT2D eigenvalue weighted by atomic mass is 9.99. The molecule has 0 bridgehead atoms. The molecule has 0 atom stereocenters. The first-order valence-corrected chi connectivity index (χ1v) is 5.88. The molecule has 88 valence electrons. The lowest BCUT2D eigenvalue weighted by Gasteiger charge is -2.21. The fourth-order valence-corrected chi connectivity index (χ4v) is 2.13. The highest BCUT2D eigenvalue weighted by Crippen LogP contribution is 2.33. The van der Waals surface area contributed by atoms with E-state index in [4.69, 9.17) is 15.2 Å². The van der Waals surface area contributed by atoms with Crippen molar-refractivity contribution in [2.75, 3.05) is 20.3 Å². The van der Waals surface area contributed by atoms with Gasteiger partial charge in [0.2, 0.25) is 0 Å². The van der Waals surface area contributed by atoms with Crippen molar-refractivity contribution in [1.29, 1.82) is 0 Å². The summed E-state index contributed by atoms with van der Waals surface area (Å²) in [4.78, 5) is 0. The quantitative estimate of drug-likeness (QED) is 0.844. The standard InChI is InChI=1S/C13H19NO2/c1-15-12-8-10(4-2-6-14)13-11(9-12)5-3-7-16-13/h8-9H,2-7,14H2,1H3. The number of fused-ring (bicyclic) bond motifs is 1. The first-order chi connectivity index (χ1) is 7.85. The van der Waals surface area contributed by atoms with Gasteiger partial charge < -0.3 is 15.2 Å². The Balaban J connectivity index is 2.31. The summed E-state index contributed by atoms with van der Waals surface area (Å²) in [6, 6.07) is 4.15. The maximum Gasteiger partial charge on any atom is 0.125 e. The zero-order valence-electron chi connectivity index (χ0n) is 9.79. The van der Waals surface area contributed by atoms with Gasteiger partial charge >= 0.3 is 0 Å². The first kappa shape index (κ1) is 11.3. The van der Waals surface area contributed by atoms with Crippen LogP contribution in [0.3, 0.4) is 0 Å². The van der Waals surface area contributed by atoms with Crippen LogP contribution in [0.4, 0.5) is 0 Å². The summed E-state index contributed by atoms with van der Waals surface area (Å²) in [5.74, 6) is 2.00. The van der Waals surface area contributed by atoms with Crippen molar-refractivity contribution in [2.45, 2.75) is 25.7 Å². The van der Waals surface area contributed by atoms with E-state index in [-0.39, 0.29) is 0 Å². The second kappa shape index (κ2) is 5.21. The van der Waals surface area contributed by atoms with Crippen LogP contribution < -0.4 is 15.2 Å². The molecular formula is C13H19NO2. The molecule has 1 aromatic rings. The Labute approximate surface area is 96.5 Å². The molecule has 0 saturated heterocycles. The molecular weight excluding hydrogens is 202 g/mol. The molecule has 0 fully saturated rings. The molecule has 1 aromatic carbocycles. The molecule has 1 aliphatic heterocycles. The zero-order valence-corrected chi connectivity index (χ0v) is 9.79. The smallest absolute Gasteiger partial charge is 0.125 e. The van der Waals surface area contributed by atoms with Crippen LogP contribution in [0.2, 0.25) is 0 Å². The van der Waals surface area contributed by atoms with Crippen molar-refractivity contribution in [2.24, 2.45) is 5.73 Å². The monoisotopic (exact) mass is 221 g/mol. The summed E-state index contributed by atoms with van der Waals surface area (Å²) in [7, 11) is 1.71. The second-order valence-electron chi connectivity index (χ2n) is 4.12. The molecule has 1 heterocycles. The number of hydrogen-bond donors (Lipinski definition) is 1. The average molecular weight is 221 g/mol. The minimum atomic E-state index is 0.714. The maximum absolute atomic E-state index is 5.75. The van der Waals surface area contributed by atoms with Crippen molar-refractivity contribution >= 4 is 0 Å². The van der Waals surface area contributed by atoms with Crippen LogP contribution in [0.5, 0.6) is 11.5 Å². The lowest BCUT2D eigenvalue weighted by molar-refractivity contribution is 0.283. The van der Waals surface area contributed by atoms with E-state index in [0.29, 0.717) is 6.54 Å². The first-order valence-electron chi connectivity index (χ1n) is 5.88. The summed E-state index contributed by atoms with van der Waals surface area (Å²) >= 11 is 0. The van der Waals surface area contributed by atoms with E-state index in [0.717, 1.165) is 43.8 Å². The van der Waals surface area contributed by atoms with Gasteiger partial charge in [0, 0.05) is 0 Å². The van der Waals surface area contributed by atoms with Gasteiger partial charge in [0.05, 0.1) is 13.7 Å². The highest BCUT2D eigenvalue weighted by molar-refractivity contribution is 5.48. The summed E-state index contributed by atoms with van der Waals surface area (Å²) in [6.45, 7) is 1.54. The minimum absolute atomic E-state index is 0.714. The third kappa shape index (κ3) is 2.30. The Morgan fingerprint density at radius 1 is 1.44 bits per heavy atom. The van der Waals surface area contributed by atoms with Crippen LogP contribution in [0.25, 0.3) is 0 Å². The Morgan fingerprint density at radius 2 is 2.31 bits per heavy atom. The molecule has 3 heteroatoms. The maximum atomic E-state index is 5.75.